The van der Waals surface area contributed by atoms with E-state index in [1.54, 1.807) is 18.4 Å². The number of fused-ring (bicyclic) bond motifs is 1. The Bertz CT molecular complexity index is 784. The first-order valence-electron chi connectivity index (χ1n) is 6.66. The highest BCUT2D eigenvalue weighted by molar-refractivity contribution is 7.18. The molecule has 0 aliphatic carbocycles. The van der Waals surface area contributed by atoms with Gasteiger partial charge in [0.05, 0.1) is 12.5 Å². The summed E-state index contributed by atoms with van der Waals surface area (Å²) in [6.45, 7) is 2.12. The van der Waals surface area contributed by atoms with Gasteiger partial charge in [0.25, 0.3) is 0 Å². The van der Waals surface area contributed by atoms with E-state index in [4.69, 9.17) is 10.6 Å². The van der Waals surface area contributed by atoms with Crippen LogP contribution in [-0.2, 0) is 6.42 Å². The summed E-state index contributed by atoms with van der Waals surface area (Å²) in [6.07, 6.45) is 0.972. The van der Waals surface area contributed by atoms with Gasteiger partial charge >= 0.3 is 0 Å². The first-order chi connectivity index (χ1) is 10.2. The Morgan fingerprint density at radius 1 is 1.29 bits per heavy atom. The zero-order valence-corrected chi connectivity index (χ0v) is 12.7. The minimum Gasteiger partial charge on any atom is -0.497 e. The number of ether oxygens (including phenoxy) is 1. The molecule has 0 unspecified atom stereocenters. The number of nitrogens with two attached hydrogens (primary N) is 1. The highest BCUT2D eigenvalue weighted by Gasteiger charge is 2.12. The van der Waals surface area contributed by atoms with E-state index in [9.17, 15) is 0 Å². The highest BCUT2D eigenvalue weighted by atomic mass is 32.1. The molecule has 0 aliphatic rings. The molecule has 0 saturated carbocycles. The van der Waals surface area contributed by atoms with E-state index in [1.165, 1.54) is 4.88 Å². The molecule has 2 heterocycles. The van der Waals surface area contributed by atoms with Crippen LogP contribution in [0.2, 0.25) is 0 Å². The summed E-state index contributed by atoms with van der Waals surface area (Å²) < 4.78 is 5.25. The second-order valence-electron chi connectivity index (χ2n) is 4.56. The van der Waals surface area contributed by atoms with Gasteiger partial charge in [-0.25, -0.2) is 15.8 Å². The van der Waals surface area contributed by atoms with Crippen LogP contribution in [-0.4, -0.2) is 17.1 Å². The van der Waals surface area contributed by atoms with Crippen LogP contribution < -0.4 is 16.0 Å². The lowest BCUT2D eigenvalue weighted by atomic mass is 10.2. The van der Waals surface area contributed by atoms with Crippen molar-refractivity contribution in [2.45, 2.75) is 13.3 Å². The number of hydrogen-bond donors (Lipinski definition) is 2. The molecule has 0 bridgehead atoms. The molecule has 0 atom stereocenters. The second kappa shape index (κ2) is 5.67. The van der Waals surface area contributed by atoms with Crippen LogP contribution in [0.4, 0.5) is 5.82 Å². The zero-order valence-electron chi connectivity index (χ0n) is 11.9. The van der Waals surface area contributed by atoms with E-state index in [0.717, 1.165) is 28.0 Å². The third kappa shape index (κ3) is 2.55. The smallest absolute Gasteiger partial charge is 0.163 e. The first kappa shape index (κ1) is 13.8. The van der Waals surface area contributed by atoms with Crippen molar-refractivity contribution in [1.29, 1.82) is 0 Å². The zero-order chi connectivity index (χ0) is 14.8. The quantitative estimate of drug-likeness (QED) is 0.572. The van der Waals surface area contributed by atoms with Gasteiger partial charge in [-0.15, -0.1) is 11.3 Å². The number of aromatic nitrogens is 2. The molecule has 3 aromatic rings. The van der Waals surface area contributed by atoms with Crippen LogP contribution in [0.25, 0.3) is 21.6 Å². The SMILES string of the molecule is CCc1cc2c(NN)nc(-c3cccc(OC)c3)nc2s1. The number of rotatable bonds is 4. The molecule has 5 nitrogen and oxygen atoms in total. The third-order valence-corrected chi connectivity index (χ3v) is 4.43. The topological polar surface area (TPSA) is 73.1 Å². The summed E-state index contributed by atoms with van der Waals surface area (Å²) in [6, 6.07) is 9.77. The number of methoxy groups -OCH3 is 1. The number of anilines is 1. The molecule has 3 rings (SSSR count). The van der Waals surface area contributed by atoms with Crippen molar-refractivity contribution in [3.05, 3.63) is 35.2 Å². The van der Waals surface area contributed by atoms with E-state index in [0.29, 0.717) is 11.6 Å². The molecule has 0 aliphatic heterocycles. The van der Waals surface area contributed by atoms with Crippen molar-refractivity contribution < 1.29 is 4.74 Å². The second-order valence-corrected chi connectivity index (χ2v) is 5.67. The number of nitrogens with one attached hydrogen (secondary N) is 1. The fourth-order valence-electron chi connectivity index (χ4n) is 2.15. The van der Waals surface area contributed by atoms with Gasteiger partial charge in [-0.1, -0.05) is 19.1 Å². The van der Waals surface area contributed by atoms with Crippen LogP contribution in [0.3, 0.4) is 0 Å². The van der Waals surface area contributed by atoms with Gasteiger partial charge < -0.3 is 10.2 Å². The van der Waals surface area contributed by atoms with Gasteiger partial charge in [0.15, 0.2) is 11.6 Å². The average Bonchev–Trinajstić information content (AvgIpc) is 2.97. The number of nitrogen functional groups attached to an aromatic ring is 1. The standard InChI is InChI=1S/C15H16N4OS/c1-3-11-8-12-14(19-16)17-13(18-15(12)21-11)9-5-4-6-10(7-9)20-2/h4-8H,3,16H2,1-2H3,(H,17,18,19). The van der Waals surface area contributed by atoms with Gasteiger partial charge in [0, 0.05) is 10.4 Å². The maximum Gasteiger partial charge on any atom is 0.163 e. The van der Waals surface area contributed by atoms with Crippen LogP contribution in [0, 0.1) is 0 Å². The Morgan fingerprint density at radius 2 is 2.14 bits per heavy atom. The van der Waals surface area contributed by atoms with E-state index in [-0.39, 0.29) is 0 Å². The first-order valence-corrected chi connectivity index (χ1v) is 7.48. The summed E-state index contributed by atoms with van der Waals surface area (Å²) in [5.74, 6) is 7.67. The molecular weight excluding hydrogens is 284 g/mol. The van der Waals surface area contributed by atoms with Gasteiger partial charge in [-0.3, -0.25) is 0 Å². The van der Waals surface area contributed by atoms with Crippen LogP contribution in [0.15, 0.2) is 30.3 Å². The summed E-state index contributed by atoms with van der Waals surface area (Å²) in [5.41, 5.74) is 3.57. The van der Waals surface area contributed by atoms with Crippen molar-refractivity contribution in [3.63, 3.8) is 0 Å². The summed E-state index contributed by atoms with van der Waals surface area (Å²) >= 11 is 1.67. The summed E-state index contributed by atoms with van der Waals surface area (Å²) in [5, 5.41) is 0.964. The van der Waals surface area contributed by atoms with E-state index in [2.05, 4.69) is 28.4 Å². The van der Waals surface area contributed by atoms with Crippen LogP contribution >= 0.6 is 11.3 Å². The molecule has 2 aromatic heterocycles. The highest BCUT2D eigenvalue weighted by Crippen LogP contribution is 2.31. The predicted octanol–water partition coefficient (Wildman–Crippen LogP) is 3.21. The number of aryl methyl sites for hydroxylation is 1. The van der Waals surface area contributed by atoms with E-state index in [1.807, 2.05) is 24.3 Å². The number of thiophene rings is 1. The Kier molecular flexibility index (Phi) is 3.72. The fraction of sp³-hybridized carbons (Fsp3) is 0.200. The lowest BCUT2D eigenvalue weighted by Gasteiger charge is -2.06. The minimum atomic E-state index is 0.638. The normalized spacial score (nSPS) is 10.8. The van der Waals surface area contributed by atoms with E-state index < -0.39 is 0 Å². The molecule has 6 heteroatoms. The molecule has 3 N–H and O–H groups in total. The summed E-state index contributed by atoms with van der Waals surface area (Å²) in [7, 11) is 1.64. The van der Waals surface area contributed by atoms with Crippen molar-refractivity contribution in [3.8, 4) is 17.1 Å². The monoisotopic (exact) mass is 300 g/mol. The lowest BCUT2D eigenvalue weighted by molar-refractivity contribution is 0.415. The number of hydrazine groups is 1. The van der Waals surface area contributed by atoms with Crippen molar-refractivity contribution in [2.24, 2.45) is 5.84 Å². The van der Waals surface area contributed by atoms with Crippen molar-refractivity contribution in [1.82, 2.24) is 9.97 Å². The fourth-order valence-corrected chi connectivity index (χ4v) is 3.11. The Labute approximate surface area is 126 Å². The molecule has 1 aromatic carbocycles. The van der Waals surface area contributed by atoms with Crippen LogP contribution in [0.5, 0.6) is 5.75 Å². The van der Waals surface area contributed by atoms with Gasteiger partial charge in [-0.05, 0) is 24.6 Å². The van der Waals surface area contributed by atoms with Gasteiger partial charge in [-0.2, -0.15) is 0 Å². The minimum absolute atomic E-state index is 0.638. The maximum atomic E-state index is 5.61. The third-order valence-electron chi connectivity index (χ3n) is 3.26. The molecule has 0 fully saturated rings. The van der Waals surface area contributed by atoms with Crippen molar-refractivity contribution >= 4 is 27.4 Å². The van der Waals surface area contributed by atoms with E-state index >= 15 is 0 Å². The predicted molar refractivity (Wildman–Crippen MR) is 86.6 cm³/mol. The summed E-state index contributed by atoms with van der Waals surface area (Å²) in [4.78, 5) is 11.4. The Morgan fingerprint density at radius 3 is 2.86 bits per heavy atom. The van der Waals surface area contributed by atoms with Crippen LogP contribution in [0.1, 0.15) is 11.8 Å². The maximum absolute atomic E-state index is 5.61. The number of benzene rings is 1. The van der Waals surface area contributed by atoms with Gasteiger partial charge in [0.1, 0.15) is 10.6 Å². The molecule has 0 radical (unpaired) electrons. The molecule has 21 heavy (non-hydrogen) atoms. The molecule has 0 amide bonds. The van der Waals surface area contributed by atoms with Gasteiger partial charge in [0.2, 0.25) is 0 Å². The molecule has 0 saturated heterocycles. The number of nitrogens with zero attached hydrogens (tertiary/aromatic N) is 2. The average molecular weight is 300 g/mol. The molecule has 108 valence electrons. The molecular formula is C15H16N4OS. The number of hydrogen-bond acceptors (Lipinski definition) is 6. The lowest BCUT2D eigenvalue weighted by Crippen LogP contribution is -2.09. The Hall–Kier alpha value is -2.18. The Balaban J connectivity index is 2.18. The largest absolute Gasteiger partial charge is 0.497 e. The van der Waals surface area contributed by atoms with Crippen molar-refractivity contribution in [2.75, 3.05) is 12.5 Å². The molecule has 0 spiro atoms.